The highest BCUT2D eigenvalue weighted by atomic mass is 19.2. The van der Waals surface area contributed by atoms with Crippen LogP contribution >= 0.6 is 0 Å². The van der Waals surface area contributed by atoms with Gasteiger partial charge in [0.15, 0.2) is 5.83 Å². The number of ether oxygens (including phenoxy) is 2. The Morgan fingerprint density at radius 3 is 2.50 bits per heavy atom. The van der Waals surface area contributed by atoms with Gasteiger partial charge in [-0.05, 0) is 19.9 Å². The van der Waals surface area contributed by atoms with Crippen molar-refractivity contribution in [1.29, 1.82) is 0 Å². The number of hydrogen-bond donors (Lipinski definition) is 1. The first-order valence-corrected chi connectivity index (χ1v) is 5.79. The molecule has 0 aliphatic heterocycles. The standard InChI is InChI=1S/C12H17F3O3/c1-3-17-7-12(15)9(13)5-8(6-16)10(11(12)14)18-4-2/h5,8,16H,3-4,6-7H2,1-2H3. The van der Waals surface area contributed by atoms with Crippen LogP contribution in [0.1, 0.15) is 13.8 Å². The molecule has 0 bridgehead atoms. The molecule has 0 spiro atoms. The average molecular weight is 266 g/mol. The number of alkyl halides is 1. The third kappa shape index (κ3) is 2.70. The van der Waals surface area contributed by atoms with E-state index in [1.807, 2.05) is 0 Å². The molecule has 3 nitrogen and oxygen atoms in total. The van der Waals surface area contributed by atoms with Crippen molar-refractivity contribution < 1.29 is 27.8 Å². The smallest absolute Gasteiger partial charge is 0.238 e. The van der Waals surface area contributed by atoms with Crippen LogP contribution in [0.5, 0.6) is 0 Å². The van der Waals surface area contributed by atoms with Crippen molar-refractivity contribution in [3.63, 3.8) is 0 Å². The zero-order valence-electron chi connectivity index (χ0n) is 10.4. The lowest BCUT2D eigenvalue weighted by Gasteiger charge is -2.30. The van der Waals surface area contributed by atoms with Gasteiger partial charge in [-0.25, -0.2) is 13.2 Å². The van der Waals surface area contributed by atoms with E-state index in [0.717, 1.165) is 6.08 Å². The Bertz CT molecular complexity index is 354. The second kappa shape index (κ2) is 6.24. The van der Waals surface area contributed by atoms with E-state index in [-0.39, 0.29) is 19.0 Å². The van der Waals surface area contributed by atoms with Gasteiger partial charge in [0.2, 0.25) is 5.67 Å². The average Bonchev–Trinajstić information content (AvgIpc) is 2.37. The van der Waals surface area contributed by atoms with Crippen LogP contribution in [-0.4, -0.2) is 37.2 Å². The maximum absolute atomic E-state index is 14.3. The molecule has 1 rings (SSSR count). The molecule has 0 saturated heterocycles. The van der Waals surface area contributed by atoms with Gasteiger partial charge in [0.05, 0.1) is 25.7 Å². The summed E-state index contributed by atoms with van der Waals surface area (Å²) in [5, 5.41) is 9.02. The van der Waals surface area contributed by atoms with Crippen LogP contribution < -0.4 is 0 Å². The molecule has 0 saturated carbocycles. The van der Waals surface area contributed by atoms with Crippen molar-refractivity contribution in [3.05, 3.63) is 23.5 Å². The highest BCUT2D eigenvalue weighted by Gasteiger charge is 2.48. The first-order chi connectivity index (χ1) is 8.51. The van der Waals surface area contributed by atoms with E-state index >= 15 is 0 Å². The highest BCUT2D eigenvalue weighted by molar-refractivity contribution is 5.35. The minimum atomic E-state index is -2.95. The van der Waals surface area contributed by atoms with E-state index in [1.54, 1.807) is 13.8 Å². The minimum absolute atomic E-state index is 0.0967. The van der Waals surface area contributed by atoms with Crippen LogP contribution in [0.4, 0.5) is 13.2 Å². The summed E-state index contributed by atoms with van der Waals surface area (Å²) in [4.78, 5) is 0. The van der Waals surface area contributed by atoms with E-state index in [9.17, 15) is 13.2 Å². The van der Waals surface area contributed by atoms with Gasteiger partial charge in [-0.1, -0.05) is 0 Å². The minimum Gasteiger partial charge on any atom is -0.495 e. The summed E-state index contributed by atoms with van der Waals surface area (Å²) >= 11 is 0. The van der Waals surface area contributed by atoms with Crippen LogP contribution in [0.2, 0.25) is 0 Å². The van der Waals surface area contributed by atoms with Gasteiger partial charge in [-0.15, -0.1) is 0 Å². The van der Waals surface area contributed by atoms with E-state index in [1.165, 1.54) is 0 Å². The summed E-state index contributed by atoms with van der Waals surface area (Å²) in [6, 6.07) is 0. The van der Waals surface area contributed by atoms with Crippen molar-refractivity contribution >= 4 is 0 Å². The predicted molar refractivity (Wildman–Crippen MR) is 59.9 cm³/mol. The second-order valence-corrected chi connectivity index (χ2v) is 3.85. The molecule has 18 heavy (non-hydrogen) atoms. The maximum Gasteiger partial charge on any atom is 0.238 e. The van der Waals surface area contributed by atoms with Gasteiger partial charge in [-0.2, -0.15) is 0 Å². The van der Waals surface area contributed by atoms with Gasteiger partial charge in [0.25, 0.3) is 0 Å². The summed E-state index contributed by atoms with van der Waals surface area (Å²) in [6.07, 6.45) is 0.826. The van der Waals surface area contributed by atoms with Gasteiger partial charge < -0.3 is 14.6 Å². The van der Waals surface area contributed by atoms with Crippen LogP contribution in [-0.2, 0) is 9.47 Å². The molecule has 0 aromatic carbocycles. The van der Waals surface area contributed by atoms with Crippen LogP contribution in [0.25, 0.3) is 0 Å². The van der Waals surface area contributed by atoms with Crippen molar-refractivity contribution in [2.24, 2.45) is 5.92 Å². The number of aliphatic hydroxyl groups excluding tert-OH is 1. The third-order valence-corrected chi connectivity index (χ3v) is 2.63. The molecule has 0 heterocycles. The first-order valence-electron chi connectivity index (χ1n) is 5.79. The van der Waals surface area contributed by atoms with Crippen LogP contribution in [0, 0.1) is 5.92 Å². The summed E-state index contributed by atoms with van der Waals surface area (Å²) in [7, 11) is 0. The topological polar surface area (TPSA) is 38.7 Å². The number of aliphatic hydroxyl groups is 1. The third-order valence-electron chi connectivity index (χ3n) is 2.63. The molecule has 0 amide bonds. The summed E-state index contributed by atoms with van der Waals surface area (Å²) in [5.41, 5.74) is -2.95. The van der Waals surface area contributed by atoms with Gasteiger partial charge in [-0.3, -0.25) is 0 Å². The summed E-state index contributed by atoms with van der Waals surface area (Å²) in [6.45, 7) is 2.10. The molecule has 6 heteroatoms. The fraction of sp³-hybridized carbons (Fsp3) is 0.667. The van der Waals surface area contributed by atoms with Gasteiger partial charge in [0.1, 0.15) is 11.6 Å². The quantitative estimate of drug-likeness (QED) is 0.802. The molecule has 2 unspecified atom stereocenters. The lowest BCUT2D eigenvalue weighted by Crippen LogP contribution is -2.37. The second-order valence-electron chi connectivity index (χ2n) is 3.85. The Labute approximate surface area is 104 Å². The fourth-order valence-electron chi connectivity index (χ4n) is 1.68. The zero-order chi connectivity index (χ0) is 13.8. The fourth-order valence-corrected chi connectivity index (χ4v) is 1.68. The molecule has 2 atom stereocenters. The Hall–Kier alpha value is -1.01. The number of halogens is 3. The normalized spacial score (nSPS) is 28.3. The van der Waals surface area contributed by atoms with E-state index in [2.05, 4.69) is 0 Å². The highest BCUT2D eigenvalue weighted by Crippen LogP contribution is 2.42. The van der Waals surface area contributed by atoms with Crippen molar-refractivity contribution in [2.75, 3.05) is 26.4 Å². The first kappa shape index (κ1) is 15.0. The molecule has 0 aromatic heterocycles. The molecule has 0 fully saturated rings. The predicted octanol–water partition coefficient (Wildman–Crippen LogP) is 2.42. The Kier molecular flexibility index (Phi) is 5.22. The van der Waals surface area contributed by atoms with E-state index in [0.29, 0.717) is 0 Å². The van der Waals surface area contributed by atoms with Crippen molar-refractivity contribution in [3.8, 4) is 0 Å². The van der Waals surface area contributed by atoms with E-state index in [4.69, 9.17) is 14.6 Å². The number of hydrogen-bond acceptors (Lipinski definition) is 3. The molecule has 1 aliphatic carbocycles. The van der Waals surface area contributed by atoms with Crippen molar-refractivity contribution in [2.45, 2.75) is 19.5 Å². The molecule has 0 radical (unpaired) electrons. The maximum atomic E-state index is 14.3. The molecule has 0 aromatic rings. The Balaban J connectivity index is 3.10. The Morgan fingerprint density at radius 2 is 2.00 bits per heavy atom. The van der Waals surface area contributed by atoms with Gasteiger partial charge in [0, 0.05) is 6.61 Å². The van der Waals surface area contributed by atoms with Crippen LogP contribution in [0.3, 0.4) is 0 Å². The monoisotopic (exact) mass is 266 g/mol. The molecule has 1 N–H and O–H groups in total. The zero-order valence-corrected chi connectivity index (χ0v) is 10.4. The Morgan fingerprint density at radius 1 is 1.33 bits per heavy atom. The molecule has 1 aliphatic rings. The lowest BCUT2D eigenvalue weighted by molar-refractivity contribution is 0.0238. The van der Waals surface area contributed by atoms with E-state index < -0.39 is 36.5 Å². The lowest BCUT2D eigenvalue weighted by atomic mass is 9.90. The largest absolute Gasteiger partial charge is 0.495 e. The molecule has 104 valence electrons. The molecular weight excluding hydrogens is 249 g/mol. The van der Waals surface area contributed by atoms with Crippen molar-refractivity contribution in [1.82, 2.24) is 0 Å². The summed E-state index contributed by atoms with van der Waals surface area (Å²) < 4.78 is 51.6. The summed E-state index contributed by atoms with van der Waals surface area (Å²) in [5.74, 6) is -4.04. The number of rotatable bonds is 6. The molecular formula is C12H17F3O3. The van der Waals surface area contributed by atoms with Gasteiger partial charge >= 0.3 is 0 Å². The SMILES string of the molecule is CCOCC1(F)C(F)=CC(CO)C(OCC)=C1F. The van der Waals surface area contributed by atoms with Crippen LogP contribution in [0.15, 0.2) is 23.5 Å².